The van der Waals surface area contributed by atoms with Crippen LogP contribution in [0.1, 0.15) is 43.7 Å². The van der Waals surface area contributed by atoms with E-state index in [-0.39, 0.29) is 37.8 Å². The minimum Gasteiger partial charge on any atom is -0.368 e. The van der Waals surface area contributed by atoms with E-state index in [9.17, 15) is 56.3 Å². The Morgan fingerprint density at radius 2 is 1.45 bits per heavy atom. The summed E-state index contributed by atoms with van der Waals surface area (Å²) in [6, 6.07) is 0.0149. The maximum atomic E-state index is 13.7. The van der Waals surface area contributed by atoms with Crippen molar-refractivity contribution in [3.05, 3.63) is 35.4 Å². The predicted molar refractivity (Wildman–Crippen MR) is 169 cm³/mol. The highest BCUT2D eigenvalue weighted by molar-refractivity contribution is 5.95. The molecule has 1 saturated heterocycles. The Balaban J connectivity index is 2.32. The molecule has 0 aliphatic carbocycles. The molecule has 280 valence electrons. The van der Waals surface area contributed by atoms with Gasteiger partial charge in [-0.3, -0.25) is 43.2 Å². The normalized spacial score (nSPS) is 21.0. The second kappa shape index (κ2) is 20.0. The second-order valence-electron chi connectivity index (χ2n) is 11.3. The van der Waals surface area contributed by atoms with E-state index < -0.39 is 116 Å². The minimum absolute atomic E-state index is 0.0134. The zero-order chi connectivity index (χ0) is 38.1. The zero-order valence-corrected chi connectivity index (χ0v) is 27.5. The molecule has 9 amide bonds. The summed E-state index contributed by atoms with van der Waals surface area (Å²) in [6.07, 6.45) is -5.94. The molecule has 1 aliphatic rings. The summed E-state index contributed by atoms with van der Waals surface area (Å²) in [6.45, 7) is -1.59. The van der Waals surface area contributed by atoms with E-state index in [2.05, 4.69) is 42.5 Å². The van der Waals surface area contributed by atoms with Gasteiger partial charge in [0.15, 0.2) is 0 Å². The van der Waals surface area contributed by atoms with Crippen LogP contribution >= 0.6 is 0 Å². The Morgan fingerprint density at radius 1 is 0.824 bits per heavy atom. The van der Waals surface area contributed by atoms with Gasteiger partial charge in [-0.05, 0) is 30.9 Å². The molecule has 0 saturated carbocycles. The van der Waals surface area contributed by atoms with Gasteiger partial charge in [0, 0.05) is 26.3 Å². The summed E-state index contributed by atoms with van der Waals surface area (Å²) < 4.78 is 41.1. The number of primary amides is 1. The Hall–Kier alpha value is -5.76. The molecule has 0 aromatic heterocycles. The largest absolute Gasteiger partial charge is 0.416 e. The van der Waals surface area contributed by atoms with Crippen molar-refractivity contribution in [1.82, 2.24) is 42.5 Å². The topological polar surface area (TPSA) is 276 Å². The summed E-state index contributed by atoms with van der Waals surface area (Å²) in [4.78, 5) is 111. The van der Waals surface area contributed by atoms with Gasteiger partial charge in [0.25, 0.3) is 0 Å². The third kappa shape index (κ3) is 15.6. The van der Waals surface area contributed by atoms with Crippen LogP contribution in [0.4, 0.5) is 13.2 Å². The molecule has 1 aromatic carbocycles. The molecule has 1 aliphatic heterocycles. The minimum atomic E-state index is -4.81. The van der Waals surface area contributed by atoms with E-state index in [0.717, 1.165) is 25.1 Å². The summed E-state index contributed by atoms with van der Waals surface area (Å²) in [5.41, 5.74) is 3.87. The van der Waals surface area contributed by atoms with Gasteiger partial charge in [0.05, 0.1) is 31.7 Å². The van der Waals surface area contributed by atoms with Crippen molar-refractivity contribution in [3.8, 4) is 0 Å². The first kappa shape index (κ1) is 41.4. The van der Waals surface area contributed by atoms with Crippen molar-refractivity contribution in [2.45, 2.75) is 63.3 Å². The monoisotopic (exact) mass is 727 g/mol. The molecule has 1 fully saturated rings. The lowest BCUT2D eigenvalue weighted by Gasteiger charge is -2.22. The first-order valence-electron chi connectivity index (χ1n) is 15.6. The fourth-order valence-electron chi connectivity index (χ4n) is 4.62. The van der Waals surface area contributed by atoms with E-state index in [1.54, 1.807) is 0 Å². The Bertz CT molecular complexity index is 1490. The van der Waals surface area contributed by atoms with Crippen molar-refractivity contribution >= 4 is 53.2 Å². The number of benzene rings is 1. The molecule has 51 heavy (non-hydrogen) atoms. The van der Waals surface area contributed by atoms with Gasteiger partial charge in [-0.15, -0.1) is 0 Å². The van der Waals surface area contributed by atoms with E-state index in [1.165, 1.54) is 6.07 Å². The quantitative estimate of drug-likeness (QED) is 0.140. The van der Waals surface area contributed by atoms with Gasteiger partial charge in [0.2, 0.25) is 53.2 Å². The molecule has 3 atom stereocenters. The molecule has 1 heterocycles. The van der Waals surface area contributed by atoms with E-state index in [0.29, 0.717) is 0 Å². The SMILES string of the molecule is CC(=O)NCC(=O)NC1CCCNC(=O)CCC(C(N)=O)NC(=O)CNC(=O)CNC(=O)C(Cc2ccccc2C(F)(F)F)NC(=O)CNC1=O. The predicted octanol–water partition coefficient (Wildman–Crippen LogP) is -3.64. The molecular weight excluding hydrogens is 687 g/mol. The van der Waals surface area contributed by atoms with Gasteiger partial charge in [-0.2, -0.15) is 13.2 Å². The molecule has 3 unspecified atom stereocenters. The van der Waals surface area contributed by atoms with Crippen molar-refractivity contribution in [2.75, 3.05) is 32.7 Å². The Labute approximate surface area is 289 Å². The lowest BCUT2D eigenvalue weighted by atomic mass is 9.99. The standard InChI is InChI=1S/C30H40F3N9O9/c1-16(43)36-13-24(46)41-20-7-4-10-35-22(44)9-8-19(27(34)49)40-25(47)14-37-23(45)12-38-29(51)21(42-26(48)15-39-28(20)50)11-17-5-2-3-6-18(17)30(31,32)33/h2-3,5-6,19-21H,4,7-15H2,1H3,(H2,34,49)(H,35,44)(H,36,43)(H,37,45)(H,38,51)(H,39,50)(H,40,47)(H,41,46)(H,42,48). The number of halogens is 3. The number of carbonyl (C=O) groups excluding carboxylic acids is 9. The van der Waals surface area contributed by atoms with Crippen LogP contribution in [0.2, 0.25) is 0 Å². The smallest absolute Gasteiger partial charge is 0.368 e. The summed E-state index contributed by atoms with van der Waals surface area (Å²) in [5, 5.41) is 18.3. The first-order valence-corrected chi connectivity index (χ1v) is 15.6. The van der Waals surface area contributed by atoms with Gasteiger partial charge >= 0.3 is 6.18 Å². The number of hydrogen-bond acceptors (Lipinski definition) is 9. The van der Waals surface area contributed by atoms with Crippen LogP contribution in [0.25, 0.3) is 0 Å². The molecule has 2 rings (SSSR count). The fourth-order valence-corrected chi connectivity index (χ4v) is 4.62. The molecule has 0 spiro atoms. The van der Waals surface area contributed by atoms with Crippen LogP contribution in [0.15, 0.2) is 24.3 Å². The number of nitrogens with one attached hydrogen (secondary N) is 8. The number of rotatable bonds is 6. The molecule has 21 heteroatoms. The van der Waals surface area contributed by atoms with Crippen LogP contribution < -0.4 is 48.3 Å². The first-order chi connectivity index (χ1) is 24.0. The third-order valence-electron chi connectivity index (χ3n) is 7.17. The summed E-state index contributed by atoms with van der Waals surface area (Å²) in [5.74, 6) is -7.58. The third-order valence-corrected chi connectivity index (χ3v) is 7.17. The Morgan fingerprint density at radius 3 is 2.12 bits per heavy atom. The average molecular weight is 728 g/mol. The molecule has 1 aromatic rings. The molecular formula is C30H40F3N9O9. The van der Waals surface area contributed by atoms with Gasteiger partial charge < -0.3 is 48.3 Å². The summed E-state index contributed by atoms with van der Waals surface area (Å²) >= 11 is 0. The van der Waals surface area contributed by atoms with Crippen LogP contribution in [0.3, 0.4) is 0 Å². The fraction of sp³-hybridized carbons (Fsp3) is 0.500. The lowest BCUT2D eigenvalue weighted by Crippen LogP contribution is -2.54. The number of amides is 9. The zero-order valence-electron chi connectivity index (χ0n) is 27.5. The van der Waals surface area contributed by atoms with Crippen LogP contribution in [-0.4, -0.2) is 104 Å². The number of nitrogens with two attached hydrogens (primary N) is 1. The van der Waals surface area contributed by atoms with Gasteiger partial charge in [-0.25, -0.2) is 0 Å². The van der Waals surface area contributed by atoms with Crippen LogP contribution in [-0.2, 0) is 55.7 Å². The molecule has 18 nitrogen and oxygen atoms in total. The van der Waals surface area contributed by atoms with Crippen molar-refractivity contribution in [2.24, 2.45) is 5.73 Å². The van der Waals surface area contributed by atoms with Crippen molar-refractivity contribution in [1.29, 1.82) is 0 Å². The lowest BCUT2D eigenvalue weighted by molar-refractivity contribution is -0.138. The molecule has 0 bridgehead atoms. The van der Waals surface area contributed by atoms with Gasteiger partial charge in [0.1, 0.15) is 18.1 Å². The highest BCUT2D eigenvalue weighted by Crippen LogP contribution is 2.32. The van der Waals surface area contributed by atoms with Crippen LogP contribution in [0, 0.1) is 0 Å². The second-order valence-corrected chi connectivity index (χ2v) is 11.3. The number of hydrogen-bond donors (Lipinski definition) is 9. The number of carbonyl (C=O) groups is 9. The van der Waals surface area contributed by atoms with Gasteiger partial charge in [-0.1, -0.05) is 18.2 Å². The maximum Gasteiger partial charge on any atom is 0.416 e. The molecule has 0 radical (unpaired) electrons. The van der Waals surface area contributed by atoms with E-state index in [1.807, 2.05) is 0 Å². The maximum absolute atomic E-state index is 13.7. The Kier molecular flexibility index (Phi) is 16.3. The van der Waals surface area contributed by atoms with E-state index in [4.69, 9.17) is 5.73 Å². The highest BCUT2D eigenvalue weighted by Gasteiger charge is 2.34. The molecule has 10 N–H and O–H groups in total. The van der Waals surface area contributed by atoms with Crippen molar-refractivity contribution in [3.63, 3.8) is 0 Å². The highest BCUT2D eigenvalue weighted by atomic mass is 19.4. The number of alkyl halides is 3. The van der Waals surface area contributed by atoms with E-state index >= 15 is 0 Å². The summed E-state index contributed by atoms with van der Waals surface area (Å²) in [7, 11) is 0. The van der Waals surface area contributed by atoms with Crippen molar-refractivity contribution < 1.29 is 56.3 Å². The average Bonchev–Trinajstić information content (AvgIpc) is 3.06. The van der Waals surface area contributed by atoms with Crippen LogP contribution in [0.5, 0.6) is 0 Å².